The molecular weight excluding hydrogens is 201 g/mol. The van der Waals surface area contributed by atoms with Crippen molar-refractivity contribution in [2.45, 2.75) is 0 Å². The molecule has 2 heterocycles. The minimum atomic E-state index is 0.220. The van der Waals surface area contributed by atoms with E-state index in [0.29, 0.717) is 16.9 Å². The Labute approximate surface area is 77.9 Å². The quantitative estimate of drug-likeness (QED) is 0.715. The summed E-state index contributed by atoms with van der Waals surface area (Å²) in [5, 5.41) is 0.511. The Morgan fingerprint density at radius 1 is 1.08 bits per heavy atom. The van der Waals surface area contributed by atoms with E-state index in [1.807, 2.05) is 0 Å². The van der Waals surface area contributed by atoms with Crippen molar-refractivity contribution in [2.75, 3.05) is 0 Å². The summed E-state index contributed by atoms with van der Waals surface area (Å²) in [6.07, 6.45) is 1.40. The maximum Gasteiger partial charge on any atom is 0.264 e. The van der Waals surface area contributed by atoms with Crippen LogP contribution in [0.2, 0.25) is 10.4 Å². The Bertz CT molecular complexity index is 355. The molecule has 0 spiro atoms. The van der Waals surface area contributed by atoms with Crippen molar-refractivity contribution in [1.82, 2.24) is 4.98 Å². The highest BCUT2D eigenvalue weighted by atomic mass is 35.5. The highest BCUT2D eigenvalue weighted by Crippen LogP contribution is 2.25. The number of hydrogen-bond acceptors (Lipinski definition) is 3. The highest BCUT2D eigenvalue weighted by molar-refractivity contribution is 6.29. The number of aromatic nitrogens is 1. The molecule has 0 radical (unpaired) electrons. The second-order valence-electron chi connectivity index (χ2n) is 2.07. The SMILES string of the molecule is Clc1ccc(-c2ncc(Cl)o2)o1. The summed E-state index contributed by atoms with van der Waals surface area (Å²) in [6, 6.07) is 3.26. The molecule has 0 aliphatic heterocycles. The first-order valence-electron chi connectivity index (χ1n) is 3.13. The fourth-order valence-electron chi connectivity index (χ4n) is 0.798. The number of furan rings is 1. The number of oxazole rings is 1. The standard InChI is InChI=1S/C7H3Cl2NO2/c8-5-2-1-4(11-5)7-10-3-6(9)12-7/h1-3H. The van der Waals surface area contributed by atoms with Crippen molar-refractivity contribution in [1.29, 1.82) is 0 Å². The third-order valence-corrected chi connectivity index (χ3v) is 1.64. The monoisotopic (exact) mass is 203 g/mol. The maximum atomic E-state index is 5.55. The predicted octanol–water partition coefficient (Wildman–Crippen LogP) is 3.24. The molecule has 3 nitrogen and oxygen atoms in total. The predicted molar refractivity (Wildman–Crippen MR) is 44.2 cm³/mol. The lowest BCUT2D eigenvalue weighted by atomic mass is 10.4. The lowest BCUT2D eigenvalue weighted by molar-refractivity contribution is 0.519. The van der Waals surface area contributed by atoms with Gasteiger partial charge < -0.3 is 8.83 Å². The van der Waals surface area contributed by atoms with E-state index in [1.54, 1.807) is 12.1 Å². The normalized spacial score (nSPS) is 10.5. The minimum Gasteiger partial charge on any atom is -0.440 e. The van der Waals surface area contributed by atoms with Crippen LogP contribution < -0.4 is 0 Å². The Balaban J connectivity index is 2.43. The topological polar surface area (TPSA) is 39.2 Å². The summed E-state index contributed by atoms with van der Waals surface area (Å²) in [5.41, 5.74) is 0. The van der Waals surface area contributed by atoms with Gasteiger partial charge in [0.15, 0.2) is 11.0 Å². The Morgan fingerprint density at radius 2 is 1.92 bits per heavy atom. The molecule has 0 aliphatic carbocycles. The van der Waals surface area contributed by atoms with E-state index in [-0.39, 0.29) is 5.22 Å². The van der Waals surface area contributed by atoms with Crippen molar-refractivity contribution in [2.24, 2.45) is 0 Å². The van der Waals surface area contributed by atoms with E-state index in [2.05, 4.69) is 4.98 Å². The van der Waals surface area contributed by atoms with Gasteiger partial charge in [-0.1, -0.05) is 0 Å². The van der Waals surface area contributed by atoms with Gasteiger partial charge >= 0.3 is 0 Å². The van der Waals surface area contributed by atoms with Gasteiger partial charge in [-0.15, -0.1) is 0 Å². The molecule has 5 heteroatoms. The molecule has 0 atom stereocenters. The van der Waals surface area contributed by atoms with Gasteiger partial charge in [-0.3, -0.25) is 0 Å². The van der Waals surface area contributed by atoms with Crippen LogP contribution in [0.4, 0.5) is 0 Å². The zero-order valence-electron chi connectivity index (χ0n) is 5.75. The van der Waals surface area contributed by atoms with E-state index in [4.69, 9.17) is 32.0 Å². The van der Waals surface area contributed by atoms with Crippen LogP contribution >= 0.6 is 23.2 Å². The molecule has 0 aromatic carbocycles. The Hall–Kier alpha value is -0.930. The first-order chi connectivity index (χ1) is 5.75. The summed E-state index contributed by atoms with van der Waals surface area (Å²) in [5.74, 6) is 0.791. The summed E-state index contributed by atoms with van der Waals surface area (Å²) >= 11 is 11.1. The average molecular weight is 204 g/mol. The molecule has 0 bridgehead atoms. The van der Waals surface area contributed by atoms with Crippen LogP contribution in [0.15, 0.2) is 27.2 Å². The van der Waals surface area contributed by atoms with E-state index in [0.717, 1.165) is 0 Å². The highest BCUT2D eigenvalue weighted by Gasteiger charge is 2.08. The van der Waals surface area contributed by atoms with Crippen molar-refractivity contribution < 1.29 is 8.83 Å². The summed E-state index contributed by atoms with van der Waals surface area (Å²) in [7, 11) is 0. The van der Waals surface area contributed by atoms with Gasteiger partial charge in [-0.2, -0.15) is 0 Å². The molecule has 0 unspecified atom stereocenters. The van der Waals surface area contributed by atoms with Crippen LogP contribution in [0.25, 0.3) is 11.7 Å². The number of nitrogens with zero attached hydrogens (tertiary/aromatic N) is 1. The second kappa shape index (κ2) is 2.84. The molecule has 0 fully saturated rings. The molecule has 62 valence electrons. The Morgan fingerprint density at radius 3 is 2.42 bits per heavy atom. The van der Waals surface area contributed by atoms with Gasteiger partial charge in [0.05, 0.1) is 6.20 Å². The number of rotatable bonds is 1. The minimum absolute atomic E-state index is 0.220. The van der Waals surface area contributed by atoms with Crippen LogP contribution in [0.1, 0.15) is 0 Å². The first kappa shape index (κ1) is 7.71. The molecular formula is C7H3Cl2NO2. The molecule has 0 N–H and O–H groups in total. The fourth-order valence-corrected chi connectivity index (χ4v) is 1.07. The average Bonchev–Trinajstić information content (AvgIpc) is 2.58. The zero-order valence-corrected chi connectivity index (χ0v) is 7.26. The fraction of sp³-hybridized carbons (Fsp3) is 0. The third-order valence-electron chi connectivity index (χ3n) is 1.26. The van der Waals surface area contributed by atoms with Crippen LogP contribution in [-0.4, -0.2) is 4.98 Å². The van der Waals surface area contributed by atoms with Crippen molar-refractivity contribution in [3.63, 3.8) is 0 Å². The van der Waals surface area contributed by atoms with Crippen LogP contribution in [-0.2, 0) is 0 Å². The van der Waals surface area contributed by atoms with Crippen LogP contribution in [0, 0.1) is 0 Å². The van der Waals surface area contributed by atoms with Crippen molar-refractivity contribution >= 4 is 23.2 Å². The van der Waals surface area contributed by atoms with Gasteiger partial charge in [-0.25, -0.2) is 4.98 Å². The molecule has 2 aromatic rings. The van der Waals surface area contributed by atoms with Gasteiger partial charge in [-0.05, 0) is 35.3 Å². The summed E-state index contributed by atoms with van der Waals surface area (Å²) in [6.45, 7) is 0. The van der Waals surface area contributed by atoms with Gasteiger partial charge in [0, 0.05) is 0 Å². The van der Waals surface area contributed by atoms with Crippen molar-refractivity contribution in [3.05, 3.63) is 28.8 Å². The molecule has 0 saturated carbocycles. The van der Waals surface area contributed by atoms with Crippen LogP contribution in [0.5, 0.6) is 0 Å². The molecule has 0 saturated heterocycles. The third kappa shape index (κ3) is 1.33. The first-order valence-corrected chi connectivity index (χ1v) is 3.88. The van der Waals surface area contributed by atoms with Gasteiger partial charge in [0.2, 0.25) is 5.22 Å². The van der Waals surface area contributed by atoms with E-state index >= 15 is 0 Å². The molecule has 2 rings (SSSR count). The smallest absolute Gasteiger partial charge is 0.264 e. The molecule has 2 aromatic heterocycles. The lowest BCUT2D eigenvalue weighted by Crippen LogP contribution is -1.68. The second-order valence-corrected chi connectivity index (χ2v) is 2.82. The Kier molecular flexibility index (Phi) is 1.83. The summed E-state index contributed by atoms with van der Waals surface area (Å²) < 4.78 is 10.0. The largest absolute Gasteiger partial charge is 0.440 e. The number of halogens is 2. The lowest BCUT2D eigenvalue weighted by Gasteiger charge is -1.85. The summed E-state index contributed by atoms with van der Waals surface area (Å²) in [4.78, 5) is 3.85. The van der Waals surface area contributed by atoms with Crippen molar-refractivity contribution in [3.8, 4) is 11.7 Å². The molecule has 0 aliphatic rings. The van der Waals surface area contributed by atoms with Gasteiger partial charge in [0.25, 0.3) is 5.89 Å². The molecule has 12 heavy (non-hydrogen) atoms. The van der Waals surface area contributed by atoms with E-state index in [1.165, 1.54) is 6.20 Å². The number of hydrogen-bond donors (Lipinski definition) is 0. The van der Waals surface area contributed by atoms with E-state index in [9.17, 15) is 0 Å². The zero-order chi connectivity index (χ0) is 8.55. The molecule has 0 amide bonds. The van der Waals surface area contributed by atoms with Crippen LogP contribution in [0.3, 0.4) is 0 Å². The van der Waals surface area contributed by atoms with E-state index < -0.39 is 0 Å². The van der Waals surface area contributed by atoms with Gasteiger partial charge in [0.1, 0.15) is 0 Å². The maximum absolute atomic E-state index is 5.55.